The summed E-state index contributed by atoms with van der Waals surface area (Å²) in [4.78, 5) is 13.4. The van der Waals surface area contributed by atoms with Gasteiger partial charge in [0.25, 0.3) is 0 Å². The summed E-state index contributed by atoms with van der Waals surface area (Å²) in [6.07, 6.45) is 3.94. The average molecular weight is 351 g/mol. The van der Waals surface area contributed by atoms with Gasteiger partial charge in [0, 0.05) is 24.6 Å². The number of ether oxygens (including phenoxy) is 1. The Morgan fingerprint density at radius 3 is 2.48 bits per heavy atom. The minimum atomic E-state index is -4.47. The molecule has 0 unspecified atom stereocenters. The van der Waals surface area contributed by atoms with Crippen molar-refractivity contribution in [2.24, 2.45) is 5.92 Å². The first-order valence-electron chi connectivity index (χ1n) is 7.83. The first kappa shape index (κ1) is 18.9. The Labute approximate surface area is 145 Å². The van der Waals surface area contributed by atoms with E-state index in [0.29, 0.717) is 18.7 Å². The number of carbonyl (C=O) groups is 1. The number of hydrogen-bond donors (Lipinski definition) is 0. The van der Waals surface area contributed by atoms with Crippen molar-refractivity contribution in [1.29, 1.82) is 0 Å². The molecule has 1 aliphatic rings. The molecule has 0 atom stereocenters. The quantitative estimate of drug-likeness (QED) is 0.731. The lowest BCUT2D eigenvalue weighted by Crippen LogP contribution is -2.50. The zero-order chi connectivity index (χ0) is 18.8. The van der Waals surface area contributed by atoms with Crippen LogP contribution in [0, 0.1) is 18.3 Å². The Bertz CT molecular complexity index is 718. The molecule has 3 nitrogen and oxygen atoms in total. The van der Waals surface area contributed by atoms with Gasteiger partial charge in [-0.1, -0.05) is 24.1 Å². The Balaban J connectivity index is 1.96. The molecule has 0 spiro atoms. The maximum Gasteiger partial charge on any atom is 0.417 e. The van der Waals surface area contributed by atoms with Gasteiger partial charge in [-0.25, -0.2) is 4.79 Å². The monoisotopic (exact) mass is 351 g/mol. The van der Waals surface area contributed by atoms with Gasteiger partial charge in [0.2, 0.25) is 0 Å². The van der Waals surface area contributed by atoms with Crippen molar-refractivity contribution in [2.75, 3.05) is 13.1 Å². The normalized spacial score (nSPS) is 15.8. The van der Waals surface area contributed by atoms with Crippen LogP contribution in [0.1, 0.15) is 37.5 Å². The Morgan fingerprint density at radius 2 is 1.96 bits per heavy atom. The van der Waals surface area contributed by atoms with Crippen LogP contribution in [0.25, 0.3) is 6.08 Å². The fourth-order valence-corrected chi connectivity index (χ4v) is 2.39. The minimum Gasteiger partial charge on any atom is -0.444 e. The third-order valence-electron chi connectivity index (χ3n) is 3.63. The van der Waals surface area contributed by atoms with Crippen LogP contribution in [0.2, 0.25) is 0 Å². The van der Waals surface area contributed by atoms with Crippen molar-refractivity contribution in [3.05, 3.63) is 41.0 Å². The third kappa shape index (κ3) is 5.02. The summed E-state index contributed by atoms with van der Waals surface area (Å²) in [5.41, 5.74) is -0.939. The van der Waals surface area contributed by atoms with E-state index in [-0.39, 0.29) is 17.6 Å². The van der Waals surface area contributed by atoms with Crippen molar-refractivity contribution >= 4 is 12.2 Å². The fourth-order valence-electron chi connectivity index (χ4n) is 2.39. The van der Waals surface area contributed by atoms with Gasteiger partial charge in [-0.15, -0.1) is 6.42 Å². The summed E-state index contributed by atoms with van der Waals surface area (Å²) in [7, 11) is 0. The van der Waals surface area contributed by atoms with E-state index in [0.717, 1.165) is 6.07 Å². The number of nitrogens with zero attached hydrogens (tertiary/aromatic N) is 1. The van der Waals surface area contributed by atoms with Crippen LogP contribution in [-0.4, -0.2) is 29.7 Å². The number of benzene rings is 1. The van der Waals surface area contributed by atoms with E-state index in [1.165, 1.54) is 12.1 Å². The molecule has 0 aromatic heterocycles. The molecule has 0 aliphatic carbocycles. The summed E-state index contributed by atoms with van der Waals surface area (Å²) in [6, 6.07) is 3.71. The molecule has 1 amide bonds. The second kappa shape index (κ2) is 6.83. The molecule has 1 aromatic rings. The highest BCUT2D eigenvalue weighted by Crippen LogP contribution is 2.32. The number of rotatable bonds is 2. The van der Waals surface area contributed by atoms with Crippen LogP contribution in [0.15, 0.2) is 24.3 Å². The minimum absolute atomic E-state index is 0.143. The molecular formula is C19H20F3NO2. The van der Waals surface area contributed by atoms with Crippen LogP contribution in [-0.2, 0) is 10.9 Å². The molecule has 1 aliphatic heterocycles. The molecule has 1 heterocycles. The van der Waals surface area contributed by atoms with E-state index in [1.807, 2.05) is 6.08 Å². The van der Waals surface area contributed by atoms with Crippen LogP contribution < -0.4 is 0 Å². The Morgan fingerprint density at radius 1 is 1.32 bits per heavy atom. The van der Waals surface area contributed by atoms with Gasteiger partial charge in [0.05, 0.1) is 5.56 Å². The average Bonchev–Trinajstić information content (AvgIpc) is 2.42. The molecule has 1 aromatic carbocycles. The highest BCUT2D eigenvalue weighted by molar-refractivity contribution is 5.69. The summed E-state index contributed by atoms with van der Waals surface area (Å²) in [6.45, 7) is 6.45. The van der Waals surface area contributed by atoms with Crippen molar-refractivity contribution in [3.8, 4) is 12.3 Å². The number of terminal acetylenes is 1. The third-order valence-corrected chi connectivity index (χ3v) is 3.63. The van der Waals surface area contributed by atoms with E-state index in [9.17, 15) is 18.0 Å². The molecule has 6 heteroatoms. The molecular weight excluding hydrogens is 331 g/mol. The number of amides is 1. The van der Waals surface area contributed by atoms with E-state index in [4.69, 9.17) is 11.2 Å². The summed E-state index contributed by atoms with van der Waals surface area (Å²) >= 11 is 0. The SMILES string of the molecule is C#Cc1cc(/C=C/C2CN(C(=O)OC(C)(C)C)C2)ccc1C(F)(F)F. The molecule has 1 fully saturated rings. The van der Waals surface area contributed by atoms with Crippen LogP contribution in [0.5, 0.6) is 0 Å². The maximum absolute atomic E-state index is 12.8. The predicted molar refractivity (Wildman–Crippen MR) is 89.7 cm³/mol. The lowest BCUT2D eigenvalue weighted by atomic mass is 9.98. The molecule has 1 saturated heterocycles. The van der Waals surface area contributed by atoms with Gasteiger partial charge in [0.15, 0.2) is 0 Å². The van der Waals surface area contributed by atoms with Gasteiger partial charge in [0.1, 0.15) is 5.60 Å². The van der Waals surface area contributed by atoms with Gasteiger partial charge in [-0.3, -0.25) is 0 Å². The number of hydrogen-bond acceptors (Lipinski definition) is 2. The van der Waals surface area contributed by atoms with Crippen molar-refractivity contribution in [1.82, 2.24) is 4.90 Å². The maximum atomic E-state index is 12.8. The lowest BCUT2D eigenvalue weighted by Gasteiger charge is -2.38. The lowest BCUT2D eigenvalue weighted by molar-refractivity contribution is -0.137. The Kier molecular flexibility index (Phi) is 5.17. The standard InChI is InChI=1S/C19H20F3NO2/c1-5-15-10-13(8-9-16(15)19(20,21)22)6-7-14-11-23(12-14)17(24)25-18(2,3)4/h1,6-10,14H,11-12H2,2-4H3/b7-6+. The highest BCUT2D eigenvalue weighted by atomic mass is 19.4. The van der Waals surface area contributed by atoms with Gasteiger partial charge in [-0.05, 0) is 38.5 Å². The zero-order valence-corrected chi connectivity index (χ0v) is 14.4. The van der Waals surface area contributed by atoms with Crippen LogP contribution >= 0.6 is 0 Å². The topological polar surface area (TPSA) is 29.5 Å². The number of halogens is 3. The molecule has 25 heavy (non-hydrogen) atoms. The zero-order valence-electron chi connectivity index (χ0n) is 14.4. The highest BCUT2D eigenvalue weighted by Gasteiger charge is 2.33. The van der Waals surface area contributed by atoms with E-state index in [1.54, 1.807) is 31.7 Å². The van der Waals surface area contributed by atoms with Crippen LogP contribution in [0.3, 0.4) is 0 Å². The van der Waals surface area contributed by atoms with E-state index < -0.39 is 17.3 Å². The van der Waals surface area contributed by atoms with E-state index >= 15 is 0 Å². The molecule has 2 rings (SSSR count). The van der Waals surface area contributed by atoms with Crippen molar-refractivity contribution in [3.63, 3.8) is 0 Å². The fraction of sp³-hybridized carbons (Fsp3) is 0.421. The molecule has 0 saturated carbocycles. The second-order valence-electron chi connectivity index (χ2n) is 6.95. The summed E-state index contributed by atoms with van der Waals surface area (Å²) < 4.78 is 43.7. The predicted octanol–water partition coefficient (Wildman–Crippen LogP) is 4.57. The van der Waals surface area contributed by atoms with Gasteiger partial charge in [-0.2, -0.15) is 13.2 Å². The molecule has 0 bridgehead atoms. The number of carbonyl (C=O) groups excluding carboxylic acids is 1. The molecule has 134 valence electrons. The number of alkyl halides is 3. The van der Waals surface area contributed by atoms with Crippen molar-refractivity contribution < 1.29 is 22.7 Å². The van der Waals surface area contributed by atoms with Crippen molar-refractivity contribution in [2.45, 2.75) is 32.5 Å². The molecule has 0 N–H and O–H groups in total. The second-order valence-corrected chi connectivity index (χ2v) is 6.95. The molecule has 0 radical (unpaired) electrons. The summed E-state index contributed by atoms with van der Waals surface area (Å²) in [5.74, 6) is 2.22. The van der Waals surface area contributed by atoms with Gasteiger partial charge >= 0.3 is 12.3 Å². The van der Waals surface area contributed by atoms with Crippen LogP contribution in [0.4, 0.5) is 18.0 Å². The van der Waals surface area contributed by atoms with E-state index in [2.05, 4.69) is 5.92 Å². The first-order valence-corrected chi connectivity index (χ1v) is 7.83. The Hall–Kier alpha value is -2.42. The largest absolute Gasteiger partial charge is 0.444 e. The van der Waals surface area contributed by atoms with Gasteiger partial charge < -0.3 is 9.64 Å². The smallest absolute Gasteiger partial charge is 0.417 e. The first-order chi connectivity index (χ1) is 11.5. The number of likely N-dealkylation sites (tertiary alicyclic amines) is 1. The summed E-state index contributed by atoms with van der Waals surface area (Å²) in [5, 5.41) is 0.